The maximum absolute atomic E-state index is 4.74. The van der Waals surface area contributed by atoms with E-state index in [0.29, 0.717) is 5.92 Å². The predicted octanol–water partition coefficient (Wildman–Crippen LogP) is 4.25. The Morgan fingerprint density at radius 2 is 1.67 bits per heavy atom. The summed E-state index contributed by atoms with van der Waals surface area (Å²) in [5.74, 6) is 0.520. The van der Waals surface area contributed by atoms with Crippen LogP contribution >= 0.6 is 12.2 Å². The highest BCUT2D eigenvalue weighted by atomic mass is 32.1. The summed E-state index contributed by atoms with van der Waals surface area (Å²) in [6.07, 6.45) is 9.48. The standard InChI is InChI=1S/C11H21S/c1-3-4-5-6-7-8-9-11(2)10-12/h11H,3-9H2,1-2H3. The molecule has 0 aromatic heterocycles. The summed E-state index contributed by atoms with van der Waals surface area (Å²) in [5.41, 5.74) is 0. The van der Waals surface area contributed by atoms with E-state index in [0.717, 1.165) is 0 Å². The number of rotatable bonds is 8. The number of hydrogen-bond acceptors (Lipinski definition) is 1. The monoisotopic (exact) mass is 185 g/mol. The molecule has 0 spiro atoms. The van der Waals surface area contributed by atoms with Crippen molar-refractivity contribution < 1.29 is 0 Å². The van der Waals surface area contributed by atoms with Crippen LogP contribution in [-0.4, -0.2) is 5.37 Å². The lowest BCUT2D eigenvalue weighted by molar-refractivity contribution is 0.561. The normalized spacial score (nSPS) is 12.8. The average Bonchev–Trinajstić information content (AvgIpc) is 2.10. The van der Waals surface area contributed by atoms with Crippen molar-refractivity contribution >= 4 is 17.6 Å². The van der Waals surface area contributed by atoms with Gasteiger partial charge in [0.2, 0.25) is 0 Å². The van der Waals surface area contributed by atoms with Crippen molar-refractivity contribution in [1.82, 2.24) is 0 Å². The quantitative estimate of drug-likeness (QED) is 0.402. The molecule has 0 saturated heterocycles. The van der Waals surface area contributed by atoms with Gasteiger partial charge in [-0.2, -0.15) is 0 Å². The van der Waals surface area contributed by atoms with Gasteiger partial charge in [-0.25, -0.2) is 0 Å². The zero-order valence-electron chi connectivity index (χ0n) is 8.44. The largest absolute Gasteiger partial charge is 0.0834 e. The summed E-state index contributed by atoms with van der Waals surface area (Å²) in [7, 11) is 0. The van der Waals surface area contributed by atoms with Crippen molar-refractivity contribution in [3.63, 3.8) is 0 Å². The molecule has 1 atom stereocenters. The first-order valence-corrected chi connectivity index (χ1v) is 5.59. The molecule has 1 unspecified atom stereocenters. The van der Waals surface area contributed by atoms with E-state index in [9.17, 15) is 0 Å². The van der Waals surface area contributed by atoms with Crippen molar-refractivity contribution in [3.05, 3.63) is 0 Å². The lowest BCUT2D eigenvalue weighted by Crippen LogP contribution is -1.93. The SMILES string of the molecule is CCCCCCCCC(C)[C]=S. The molecule has 0 fully saturated rings. The first-order chi connectivity index (χ1) is 5.81. The third-order valence-corrected chi connectivity index (χ3v) is 2.59. The molecule has 0 amide bonds. The fourth-order valence-corrected chi connectivity index (χ4v) is 1.41. The first kappa shape index (κ1) is 12.1. The lowest BCUT2D eigenvalue weighted by atomic mass is 10.0. The van der Waals surface area contributed by atoms with Gasteiger partial charge in [-0.15, -0.1) is 0 Å². The van der Waals surface area contributed by atoms with Gasteiger partial charge in [0.1, 0.15) is 0 Å². The van der Waals surface area contributed by atoms with E-state index in [-0.39, 0.29) is 0 Å². The molecule has 0 N–H and O–H groups in total. The second kappa shape index (κ2) is 9.18. The van der Waals surface area contributed by atoms with Crippen molar-refractivity contribution in [2.45, 2.75) is 58.8 Å². The minimum Gasteiger partial charge on any atom is -0.0834 e. The molecule has 0 nitrogen and oxygen atoms in total. The van der Waals surface area contributed by atoms with Crippen LogP contribution in [0.2, 0.25) is 0 Å². The molecule has 0 rings (SSSR count). The zero-order chi connectivity index (χ0) is 9.23. The highest BCUT2D eigenvalue weighted by Gasteiger charge is 1.96. The topological polar surface area (TPSA) is 0 Å². The van der Waals surface area contributed by atoms with Gasteiger partial charge in [-0.05, 0) is 12.3 Å². The summed E-state index contributed by atoms with van der Waals surface area (Å²) in [6, 6.07) is 0. The third kappa shape index (κ3) is 8.19. The molecule has 71 valence electrons. The van der Waals surface area contributed by atoms with Gasteiger partial charge in [-0.1, -0.05) is 64.6 Å². The molecule has 0 aliphatic carbocycles. The Bertz CT molecular complexity index is 99.2. The van der Waals surface area contributed by atoms with E-state index in [1.807, 2.05) is 0 Å². The average molecular weight is 185 g/mol. The van der Waals surface area contributed by atoms with Gasteiger partial charge < -0.3 is 0 Å². The van der Waals surface area contributed by atoms with Gasteiger partial charge in [0.05, 0.1) is 0 Å². The highest BCUT2D eigenvalue weighted by Crippen LogP contribution is 2.10. The second-order valence-corrected chi connectivity index (χ2v) is 3.81. The molecule has 1 radical (unpaired) electrons. The Morgan fingerprint density at radius 1 is 1.08 bits per heavy atom. The van der Waals surface area contributed by atoms with E-state index < -0.39 is 0 Å². The van der Waals surface area contributed by atoms with Gasteiger partial charge in [-0.3, -0.25) is 0 Å². The molecule has 0 aliphatic rings. The van der Waals surface area contributed by atoms with Gasteiger partial charge in [0.25, 0.3) is 0 Å². The number of hydrogen-bond donors (Lipinski definition) is 0. The Balaban J connectivity index is 2.95. The van der Waals surface area contributed by atoms with E-state index in [4.69, 9.17) is 12.2 Å². The minimum absolute atomic E-state index is 0.520. The van der Waals surface area contributed by atoms with Crippen LogP contribution in [0, 0.1) is 5.92 Å². The zero-order valence-corrected chi connectivity index (χ0v) is 9.25. The molecule has 1 heteroatoms. The summed E-state index contributed by atoms with van der Waals surface area (Å²) in [6.45, 7) is 4.40. The predicted molar refractivity (Wildman–Crippen MR) is 59.8 cm³/mol. The van der Waals surface area contributed by atoms with Crippen LogP contribution in [0.4, 0.5) is 0 Å². The van der Waals surface area contributed by atoms with Gasteiger partial charge >= 0.3 is 0 Å². The fraction of sp³-hybridized carbons (Fsp3) is 0.909. The van der Waals surface area contributed by atoms with Crippen LogP contribution in [0.15, 0.2) is 0 Å². The molecule has 0 aromatic carbocycles. The molecule has 0 heterocycles. The number of unbranched alkanes of at least 4 members (excludes halogenated alkanes) is 5. The Hall–Kier alpha value is 0.0900. The van der Waals surface area contributed by atoms with Crippen LogP contribution < -0.4 is 0 Å². The first-order valence-electron chi connectivity index (χ1n) is 5.19. The van der Waals surface area contributed by atoms with Crippen molar-refractivity contribution in [3.8, 4) is 0 Å². The molecular formula is C11H21S. The molecule has 12 heavy (non-hydrogen) atoms. The summed E-state index contributed by atoms with van der Waals surface area (Å²) >= 11 is 4.74. The van der Waals surface area contributed by atoms with E-state index >= 15 is 0 Å². The maximum Gasteiger partial charge on any atom is 0.0322 e. The summed E-state index contributed by atoms with van der Waals surface area (Å²) in [5, 5.41) is 2.85. The van der Waals surface area contributed by atoms with Crippen LogP contribution in [0.3, 0.4) is 0 Å². The highest BCUT2D eigenvalue weighted by molar-refractivity contribution is 7.79. The summed E-state index contributed by atoms with van der Waals surface area (Å²) in [4.78, 5) is 0. The van der Waals surface area contributed by atoms with E-state index in [1.54, 1.807) is 0 Å². The van der Waals surface area contributed by atoms with E-state index in [2.05, 4.69) is 19.2 Å². The molecule has 0 aliphatic heterocycles. The van der Waals surface area contributed by atoms with Crippen molar-refractivity contribution in [2.75, 3.05) is 0 Å². The van der Waals surface area contributed by atoms with E-state index in [1.165, 1.54) is 44.9 Å². The Kier molecular flexibility index (Phi) is 9.25. The van der Waals surface area contributed by atoms with Crippen LogP contribution in [0.25, 0.3) is 0 Å². The number of thiocarbonyl (C=S) groups is 1. The Morgan fingerprint density at radius 3 is 2.25 bits per heavy atom. The van der Waals surface area contributed by atoms with Crippen LogP contribution in [-0.2, 0) is 0 Å². The van der Waals surface area contributed by atoms with Crippen LogP contribution in [0.5, 0.6) is 0 Å². The van der Waals surface area contributed by atoms with Crippen molar-refractivity contribution in [2.24, 2.45) is 5.92 Å². The second-order valence-electron chi connectivity index (χ2n) is 3.58. The molecule has 0 bridgehead atoms. The third-order valence-electron chi connectivity index (χ3n) is 2.19. The Labute approximate surface area is 82.7 Å². The molecular weight excluding hydrogens is 164 g/mol. The summed E-state index contributed by atoms with van der Waals surface area (Å²) < 4.78 is 0. The molecule has 0 aromatic rings. The lowest BCUT2D eigenvalue weighted by Gasteiger charge is -2.03. The van der Waals surface area contributed by atoms with Gasteiger partial charge in [0, 0.05) is 5.37 Å². The molecule has 0 saturated carbocycles. The smallest absolute Gasteiger partial charge is 0.0322 e. The maximum atomic E-state index is 4.74. The van der Waals surface area contributed by atoms with Crippen molar-refractivity contribution in [1.29, 1.82) is 0 Å². The minimum atomic E-state index is 0.520. The van der Waals surface area contributed by atoms with Crippen LogP contribution in [0.1, 0.15) is 58.8 Å². The van der Waals surface area contributed by atoms with Gasteiger partial charge in [0.15, 0.2) is 0 Å². The fourth-order valence-electron chi connectivity index (χ4n) is 1.29.